The lowest BCUT2D eigenvalue weighted by Gasteiger charge is -2.01. The van der Waals surface area contributed by atoms with Gasteiger partial charge in [-0.25, -0.2) is 0 Å². The molecule has 0 spiro atoms. The van der Waals surface area contributed by atoms with Crippen LogP contribution in [0.3, 0.4) is 0 Å². The quantitative estimate of drug-likeness (QED) is 0.716. The Balaban J connectivity index is 2.54. The molecule has 0 bridgehead atoms. The van der Waals surface area contributed by atoms with Crippen molar-refractivity contribution in [3.63, 3.8) is 0 Å². The Bertz CT molecular complexity index is 352. The van der Waals surface area contributed by atoms with Crippen LogP contribution in [-0.2, 0) is 0 Å². The van der Waals surface area contributed by atoms with Gasteiger partial charge in [-0.05, 0) is 5.92 Å². The van der Waals surface area contributed by atoms with Gasteiger partial charge >= 0.3 is 0 Å². The number of carbonyl (C=O) groups excluding carboxylic acids is 1. The van der Waals surface area contributed by atoms with E-state index in [0.29, 0.717) is 18.3 Å². The predicted molar refractivity (Wildman–Crippen MR) is 50.0 cm³/mol. The van der Waals surface area contributed by atoms with Gasteiger partial charge in [-0.3, -0.25) is 9.89 Å². The highest BCUT2D eigenvalue weighted by Gasteiger charge is 2.32. The molecular weight excluding hydrogens is 164 g/mol. The van der Waals surface area contributed by atoms with E-state index < -0.39 is 0 Å². The van der Waals surface area contributed by atoms with Crippen LogP contribution in [-0.4, -0.2) is 16.0 Å². The average Bonchev–Trinajstić information content (AvgIpc) is 2.55. The van der Waals surface area contributed by atoms with Crippen molar-refractivity contribution in [2.75, 3.05) is 0 Å². The normalized spacial score (nSPS) is 21.2. The third-order valence-electron chi connectivity index (χ3n) is 2.64. The number of hydrogen-bond acceptors (Lipinski definition) is 2. The van der Waals surface area contributed by atoms with Crippen LogP contribution in [0.1, 0.15) is 60.8 Å². The summed E-state index contributed by atoms with van der Waals surface area (Å²) in [5.41, 5.74) is 2.83. The highest BCUT2D eigenvalue weighted by molar-refractivity contribution is 6.01. The Kier molecular flexibility index (Phi) is 1.75. The van der Waals surface area contributed by atoms with E-state index in [-0.39, 0.29) is 5.78 Å². The van der Waals surface area contributed by atoms with Crippen LogP contribution in [0.15, 0.2) is 0 Å². The first kappa shape index (κ1) is 8.48. The predicted octanol–water partition coefficient (Wildman–Crippen LogP) is 2.22. The Hall–Kier alpha value is -1.12. The maximum atomic E-state index is 11.6. The molecule has 0 aromatic carbocycles. The van der Waals surface area contributed by atoms with Crippen LogP contribution < -0.4 is 0 Å². The zero-order valence-corrected chi connectivity index (χ0v) is 8.22. The first-order valence-corrected chi connectivity index (χ1v) is 4.72. The van der Waals surface area contributed by atoms with Crippen molar-refractivity contribution < 1.29 is 4.79 Å². The molecule has 0 saturated heterocycles. The van der Waals surface area contributed by atoms with E-state index in [0.717, 1.165) is 17.0 Å². The molecule has 13 heavy (non-hydrogen) atoms. The summed E-state index contributed by atoms with van der Waals surface area (Å²) in [6, 6.07) is 0. The second-order valence-electron chi connectivity index (χ2n) is 4.08. The molecule has 1 atom stereocenters. The first-order chi connectivity index (χ1) is 6.11. The molecule has 3 heteroatoms. The second kappa shape index (κ2) is 2.69. The summed E-state index contributed by atoms with van der Waals surface area (Å²) in [5, 5.41) is 7.17. The van der Waals surface area contributed by atoms with Crippen molar-refractivity contribution in [1.29, 1.82) is 0 Å². The zero-order valence-electron chi connectivity index (χ0n) is 8.22. The molecular formula is C10H14N2O. The Labute approximate surface area is 77.5 Å². The fraction of sp³-hybridized carbons (Fsp3) is 0.600. The number of hydrogen-bond donors (Lipinski definition) is 1. The summed E-state index contributed by atoms with van der Waals surface area (Å²) in [6.07, 6.45) is 0.631. The molecule has 70 valence electrons. The summed E-state index contributed by atoms with van der Waals surface area (Å²) in [5.74, 6) is 0.900. The van der Waals surface area contributed by atoms with Gasteiger partial charge in [-0.15, -0.1) is 0 Å². The zero-order chi connectivity index (χ0) is 9.59. The summed E-state index contributed by atoms with van der Waals surface area (Å²) in [6.45, 7) is 6.20. The second-order valence-corrected chi connectivity index (χ2v) is 4.08. The Morgan fingerprint density at radius 2 is 2.23 bits per heavy atom. The van der Waals surface area contributed by atoms with Gasteiger partial charge in [0, 0.05) is 18.0 Å². The van der Waals surface area contributed by atoms with Crippen LogP contribution >= 0.6 is 0 Å². The summed E-state index contributed by atoms with van der Waals surface area (Å²) >= 11 is 0. The van der Waals surface area contributed by atoms with Crippen LogP contribution in [0.2, 0.25) is 0 Å². The van der Waals surface area contributed by atoms with Crippen molar-refractivity contribution in [2.24, 2.45) is 0 Å². The number of ketones is 1. The summed E-state index contributed by atoms with van der Waals surface area (Å²) in [4.78, 5) is 11.6. The molecule has 0 radical (unpaired) electrons. The SMILES string of the molecule is CC(C)c1[nH]nc2c1C(=O)CC2C. The lowest BCUT2D eigenvalue weighted by Crippen LogP contribution is -1.99. The van der Waals surface area contributed by atoms with E-state index in [1.807, 2.05) is 0 Å². The van der Waals surface area contributed by atoms with E-state index in [2.05, 4.69) is 31.0 Å². The fourth-order valence-electron chi connectivity index (χ4n) is 1.91. The molecule has 0 aliphatic heterocycles. The van der Waals surface area contributed by atoms with Gasteiger partial charge in [-0.1, -0.05) is 20.8 Å². The monoisotopic (exact) mass is 178 g/mol. The molecule has 0 amide bonds. The topological polar surface area (TPSA) is 45.8 Å². The van der Waals surface area contributed by atoms with E-state index in [4.69, 9.17) is 0 Å². The number of aromatic amines is 1. The molecule has 1 N–H and O–H groups in total. The third kappa shape index (κ3) is 1.10. The summed E-state index contributed by atoms with van der Waals surface area (Å²) < 4.78 is 0. The molecule has 1 unspecified atom stereocenters. The van der Waals surface area contributed by atoms with Gasteiger partial charge in [-0.2, -0.15) is 5.10 Å². The van der Waals surface area contributed by atoms with Crippen molar-refractivity contribution in [3.8, 4) is 0 Å². The lowest BCUT2D eigenvalue weighted by atomic mass is 10.0. The lowest BCUT2D eigenvalue weighted by molar-refractivity contribution is 0.0988. The van der Waals surface area contributed by atoms with Crippen LogP contribution in [0, 0.1) is 0 Å². The number of Topliss-reactive ketones (excluding diaryl/α,β-unsaturated/α-hetero) is 1. The molecule has 1 aromatic rings. The number of H-pyrrole nitrogens is 1. The van der Waals surface area contributed by atoms with Crippen molar-refractivity contribution in [3.05, 3.63) is 17.0 Å². The standard InChI is InChI=1S/C10H14N2O/c1-5(2)9-8-7(13)4-6(3)10(8)12-11-9/h5-6H,4H2,1-3H3,(H,11,12). The van der Waals surface area contributed by atoms with E-state index in [9.17, 15) is 4.79 Å². The maximum Gasteiger partial charge on any atom is 0.167 e. The molecule has 0 fully saturated rings. The molecule has 0 saturated carbocycles. The van der Waals surface area contributed by atoms with Gasteiger partial charge < -0.3 is 0 Å². The summed E-state index contributed by atoms with van der Waals surface area (Å²) in [7, 11) is 0. The fourth-order valence-corrected chi connectivity index (χ4v) is 1.91. The molecule has 1 aromatic heterocycles. The van der Waals surface area contributed by atoms with Crippen LogP contribution in [0.4, 0.5) is 0 Å². The molecule has 1 heterocycles. The minimum absolute atomic E-state index is 0.250. The largest absolute Gasteiger partial charge is 0.294 e. The number of aromatic nitrogens is 2. The van der Waals surface area contributed by atoms with Crippen LogP contribution in [0.5, 0.6) is 0 Å². The Morgan fingerprint density at radius 1 is 1.54 bits per heavy atom. The molecule has 2 rings (SSSR count). The van der Waals surface area contributed by atoms with Crippen molar-refractivity contribution in [1.82, 2.24) is 10.2 Å². The average molecular weight is 178 g/mol. The third-order valence-corrected chi connectivity index (χ3v) is 2.64. The maximum absolute atomic E-state index is 11.6. The van der Waals surface area contributed by atoms with Gasteiger partial charge in [0.15, 0.2) is 5.78 Å². The van der Waals surface area contributed by atoms with Crippen LogP contribution in [0.25, 0.3) is 0 Å². The smallest absolute Gasteiger partial charge is 0.167 e. The van der Waals surface area contributed by atoms with Crippen molar-refractivity contribution >= 4 is 5.78 Å². The van der Waals surface area contributed by atoms with Gasteiger partial charge in [0.1, 0.15) is 0 Å². The van der Waals surface area contributed by atoms with E-state index >= 15 is 0 Å². The van der Waals surface area contributed by atoms with E-state index in [1.54, 1.807) is 0 Å². The van der Waals surface area contributed by atoms with Crippen molar-refractivity contribution in [2.45, 2.75) is 39.0 Å². The number of carbonyl (C=O) groups is 1. The molecule has 1 aliphatic carbocycles. The first-order valence-electron chi connectivity index (χ1n) is 4.72. The minimum Gasteiger partial charge on any atom is -0.294 e. The minimum atomic E-state index is 0.250. The number of nitrogens with one attached hydrogen (secondary N) is 1. The Morgan fingerprint density at radius 3 is 2.85 bits per heavy atom. The van der Waals surface area contributed by atoms with Gasteiger partial charge in [0.25, 0.3) is 0 Å². The molecule has 1 aliphatic rings. The highest BCUT2D eigenvalue weighted by Crippen LogP contribution is 2.34. The molecule has 3 nitrogen and oxygen atoms in total. The number of nitrogens with zero attached hydrogens (tertiary/aromatic N) is 1. The number of rotatable bonds is 1. The van der Waals surface area contributed by atoms with Gasteiger partial charge in [0.05, 0.1) is 11.3 Å². The number of fused-ring (bicyclic) bond motifs is 1. The van der Waals surface area contributed by atoms with E-state index in [1.165, 1.54) is 0 Å². The van der Waals surface area contributed by atoms with Gasteiger partial charge in [0.2, 0.25) is 0 Å². The highest BCUT2D eigenvalue weighted by atomic mass is 16.1.